The van der Waals surface area contributed by atoms with Crippen LogP contribution in [0.2, 0.25) is 0 Å². The molecule has 1 N–H and O–H groups in total. The summed E-state index contributed by atoms with van der Waals surface area (Å²) in [7, 11) is -3.04. The maximum atomic E-state index is 11.6. The van der Waals surface area contributed by atoms with E-state index in [-0.39, 0.29) is 5.75 Å². The number of hydrogen-bond donors (Lipinski definition) is 1. The second-order valence-electron chi connectivity index (χ2n) is 3.00. The molecular weight excluding hydrogens is 218 g/mol. The van der Waals surface area contributed by atoms with E-state index >= 15 is 0 Å². The van der Waals surface area contributed by atoms with Gasteiger partial charge in [-0.15, -0.1) is 11.3 Å². The lowest BCUT2D eigenvalue weighted by molar-refractivity contribution is 0.592. The van der Waals surface area contributed by atoms with Crippen molar-refractivity contribution in [2.24, 2.45) is 0 Å². The maximum absolute atomic E-state index is 11.6. The van der Waals surface area contributed by atoms with Gasteiger partial charge in [-0.25, -0.2) is 8.42 Å². The first kappa shape index (κ1) is 11.7. The fourth-order valence-electron chi connectivity index (χ4n) is 1.05. The Bertz CT molecular complexity index is 343. The molecule has 0 radical (unpaired) electrons. The van der Waals surface area contributed by atoms with Crippen LogP contribution in [0.5, 0.6) is 0 Å². The zero-order valence-electron chi connectivity index (χ0n) is 8.19. The monoisotopic (exact) mass is 233 g/mol. The van der Waals surface area contributed by atoms with Crippen LogP contribution in [0.25, 0.3) is 0 Å². The lowest BCUT2D eigenvalue weighted by Gasteiger charge is -2.02. The van der Waals surface area contributed by atoms with Crippen molar-refractivity contribution in [2.45, 2.75) is 17.6 Å². The van der Waals surface area contributed by atoms with Gasteiger partial charge in [0.2, 0.25) is 0 Å². The van der Waals surface area contributed by atoms with E-state index < -0.39 is 9.84 Å². The highest BCUT2D eigenvalue weighted by Crippen LogP contribution is 2.16. The van der Waals surface area contributed by atoms with Gasteiger partial charge >= 0.3 is 0 Å². The minimum atomic E-state index is -3.04. The first-order valence-corrected chi connectivity index (χ1v) is 7.17. The van der Waals surface area contributed by atoms with Crippen molar-refractivity contribution >= 4 is 21.2 Å². The molecular formula is C9H15NO2S2. The molecule has 0 aliphatic carbocycles. The Balaban J connectivity index is 2.44. The highest BCUT2D eigenvalue weighted by atomic mass is 32.2. The summed E-state index contributed by atoms with van der Waals surface area (Å²) in [6.45, 7) is 3.47. The molecule has 0 amide bonds. The summed E-state index contributed by atoms with van der Waals surface area (Å²) in [6, 6.07) is 3.41. The smallest absolute Gasteiger partial charge is 0.188 e. The third-order valence-electron chi connectivity index (χ3n) is 1.78. The molecule has 0 aromatic carbocycles. The average Bonchev–Trinajstić information content (AvgIpc) is 2.65. The minimum absolute atomic E-state index is 0.188. The van der Waals surface area contributed by atoms with Crippen LogP contribution in [0.15, 0.2) is 21.7 Å². The quantitative estimate of drug-likeness (QED) is 0.758. The van der Waals surface area contributed by atoms with E-state index in [2.05, 4.69) is 12.2 Å². The summed E-state index contributed by atoms with van der Waals surface area (Å²) in [5, 5.41) is 4.86. The van der Waals surface area contributed by atoms with Gasteiger partial charge in [-0.05, 0) is 24.4 Å². The van der Waals surface area contributed by atoms with E-state index in [4.69, 9.17) is 0 Å². The third-order valence-corrected chi connectivity index (χ3v) is 4.98. The summed E-state index contributed by atoms with van der Waals surface area (Å²) in [5.74, 6) is 0.188. The lowest BCUT2D eigenvalue weighted by Crippen LogP contribution is -2.23. The van der Waals surface area contributed by atoms with Crippen molar-refractivity contribution in [3.05, 3.63) is 17.5 Å². The van der Waals surface area contributed by atoms with E-state index in [1.165, 1.54) is 11.3 Å². The first-order chi connectivity index (χ1) is 6.67. The standard InChI is InChI=1S/C9H15NO2S2/c1-2-5-10-6-8-14(11,12)9-4-3-7-13-9/h3-4,7,10H,2,5-6,8H2,1H3. The van der Waals surface area contributed by atoms with Gasteiger partial charge in [0.1, 0.15) is 4.21 Å². The molecule has 0 fully saturated rings. The van der Waals surface area contributed by atoms with E-state index in [0.717, 1.165) is 13.0 Å². The Hall–Kier alpha value is -0.390. The van der Waals surface area contributed by atoms with Gasteiger partial charge in [0.15, 0.2) is 9.84 Å². The molecule has 0 atom stereocenters. The van der Waals surface area contributed by atoms with Crippen LogP contribution in [0.1, 0.15) is 13.3 Å². The predicted octanol–water partition coefficient (Wildman–Crippen LogP) is 1.52. The second kappa shape index (κ2) is 5.48. The van der Waals surface area contributed by atoms with Crippen molar-refractivity contribution in [1.29, 1.82) is 0 Å². The summed E-state index contributed by atoms with van der Waals surface area (Å²) in [6.07, 6.45) is 1.03. The number of hydrogen-bond acceptors (Lipinski definition) is 4. The van der Waals surface area contributed by atoms with Crippen LogP contribution in [0.4, 0.5) is 0 Å². The number of rotatable bonds is 6. The van der Waals surface area contributed by atoms with Crippen LogP contribution in [-0.2, 0) is 9.84 Å². The molecule has 3 nitrogen and oxygen atoms in total. The number of nitrogens with one attached hydrogen (secondary N) is 1. The van der Waals surface area contributed by atoms with Gasteiger partial charge in [-0.1, -0.05) is 13.0 Å². The first-order valence-electron chi connectivity index (χ1n) is 4.64. The Morgan fingerprint density at radius 3 is 2.79 bits per heavy atom. The highest BCUT2D eigenvalue weighted by molar-refractivity contribution is 7.93. The zero-order chi connectivity index (χ0) is 10.4. The summed E-state index contributed by atoms with van der Waals surface area (Å²) in [4.78, 5) is 0. The molecule has 0 spiro atoms. The van der Waals surface area contributed by atoms with Gasteiger partial charge < -0.3 is 5.32 Å². The Labute approximate surface area is 89.1 Å². The molecule has 0 saturated carbocycles. The SMILES string of the molecule is CCCNCCS(=O)(=O)c1cccs1. The summed E-state index contributed by atoms with van der Waals surface area (Å²) >= 11 is 1.28. The fraction of sp³-hybridized carbons (Fsp3) is 0.556. The normalized spacial score (nSPS) is 11.8. The van der Waals surface area contributed by atoms with Crippen molar-refractivity contribution in [2.75, 3.05) is 18.8 Å². The van der Waals surface area contributed by atoms with E-state index in [9.17, 15) is 8.42 Å². The number of thiophene rings is 1. The molecule has 1 aromatic rings. The van der Waals surface area contributed by atoms with Gasteiger partial charge in [-0.2, -0.15) is 0 Å². The zero-order valence-corrected chi connectivity index (χ0v) is 9.83. The van der Waals surface area contributed by atoms with Gasteiger partial charge in [0.05, 0.1) is 5.75 Å². The van der Waals surface area contributed by atoms with Crippen LogP contribution in [0, 0.1) is 0 Å². The topological polar surface area (TPSA) is 46.2 Å². The molecule has 0 unspecified atom stereocenters. The Morgan fingerprint density at radius 2 is 2.21 bits per heavy atom. The van der Waals surface area contributed by atoms with Crippen molar-refractivity contribution < 1.29 is 8.42 Å². The van der Waals surface area contributed by atoms with Gasteiger partial charge in [-0.3, -0.25) is 0 Å². The summed E-state index contributed by atoms with van der Waals surface area (Å²) in [5.41, 5.74) is 0. The second-order valence-corrected chi connectivity index (χ2v) is 6.28. The molecule has 1 rings (SSSR count). The Kier molecular flexibility index (Phi) is 4.57. The molecule has 0 bridgehead atoms. The highest BCUT2D eigenvalue weighted by Gasteiger charge is 2.14. The Morgan fingerprint density at radius 1 is 1.43 bits per heavy atom. The minimum Gasteiger partial charge on any atom is -0.316 e. The predicted molar refractivity (Wildman–Crippen MR) is 59.5 cm³/mol. The molecule has 0 saturated heterocycles. The molecule has 5 heteroatoms. The van der Waals surface area contributed by atoms with Crippen LogP contribution in [-0.4, -0.2) is 27.3 Å². The van der Waals surface area contributed by atoms with Crippen molar-refractivity contribution in [1.82, 2.24) is 5.32 Å². The van der Waals surface area contributed by atoms with E-state index in [1.54, 1.807) is 17.5 Å². The van der Waals surface area contributed by atoms with Crippen LogP contribution >= 0.6 is 11.3 Å². The van der Waals surface area contributed by atoms with Gasteiger partial charge in [0, 0.05) is 6.54 Å². The third kappa shape index (κ3) is 3.40. The largest absolute Gasteiger partial charge is 0.316 e. The molecule has 14 heavy (non-hydrogen) atoms. The van der Waals surface area contributed by atoms with Crippen LogP contribution in [0.3, 0.4) is 0 Å². The van der Waals surface area contributed by atoms with Gasteiger partial charge in [0.25, 0.3) is 0 Å². The van der Waals surface area contributed by atoms with E-state index in [0.29, 0.717) is 10.8 Å². The average molecular weight is 233 g/mol. The molecule has 80 valence electrons. The fourth-order valence-corrected chi connectivity index (χ4v) is 3.40. The molecule has 0 aliphatic heterocycles. The van der Waals surface area contributed by atoms with Crippen molar-refractivity contribution in [3.8, 4) is 0 Å². The molecule has 0 aliphatic rings. The maximum Gasteiger partial charge on any atom is 0.188 e. The van der Waals surface area contributed by atoms with Crippen molar-refractivity contribution in [3.63, 3.8) is 0 Å². The van der Waals surface area contributed by atoms with E-state index in [1.807, 2.05) is 0 Å². The molecule has 1 aromatic heterocycles. The number of sulfone groups is 1. The molecule has 1 heterocycles. The summed E-state index contributed by atoms with van der Waals surface area (Å²) < 4.78 is 23.7. The lowest BCUT2D eigenvalue weighted by atomic mass is 10.5. The van der Waals surface area contributed by atoms with Crippen LogP contribution < -0.4 is 5.32 Å².